The van der Waals surface area contributed by atoms with Gasteiger partial charge in [0.25, 0.3) is 0 Å². The van der Waals surface area contributed by atoms with E-state index < -0.39 is 0 Å². The van der Waals surface area contributed by atoms with Crippen molar-refractivity contribution in [3.05, 3.63) is 29.3 Å². The Bertz CT molecular complexity index is 523. The third-order valence-electron chi connectivity index (χ3n) is 3.66. The Morgan fingerprint density at radius 1 is 1.37 bits per heavy atom. The summed E-state index contributed by atoms with van der Waals surface area (Å²) in [5, 5.41) is 8.84. The minimum atomic E-state index is 0.0536. The number of fused-ring (bicyclic) bond motifs is 1. The Kier molecular flexibility index (Phi) is 3.21. The normalized spacial score (nSPS) is 17.6. The van der Waals surface area contributed by atoms with Gasteiger partial charge in [-0.25, -0.2) is 0 Å². The van der Waals surface area contributed by atoms with Crippen LogP contribution in [0.25, 0.3) is 0 Å². The van der Waals surface area contributed by atoms with Gasteiger partial charge in [0.1, 0.15) is 0 Å². The monoisotopic (exact) mass is 259 g/mol. The van der Waals surface area contributed by atoms with Crippen LogP contribution in [0.5, 0.6) is 0 Å². The summed E-state index contributed by atoms with van der Waals surface area (Å²) in [4.78, 5) is 22.9. The van der Waals surface area contributed by atoms with Crippen LogP contribution >= 0.6 is 0 Å². The van der Waals surface area contributed by atoms with Crippen LogP contribution in [-0.2, 0) is 22.4 Å². The van der Waals surface area contributed by atoms with Gasteiger partial charge in [-0.05, 0) is 23.6 Å². The van der Waals surface area contributed by atoms with Crippen molar-refractivity contribution in [1.29, 1.82) is 0 Å². The molecule has 0 unspecified atom stereocenters. The predicted octanol–water partition coefficient (Wildman–Crippen LogP) is 0.0593. The summed E-state index contributed by atoms with van der Waals surface area (Å²) in [5.41, 5.74) is 3.12. The van der Waals surface area contributed by atoms with Crippen molar-refractivity contribution in [3.8, 4) is 0 Å². The van der Waals surface area contributed by atoms with E-state index >= 15 is 0 Å². The zero-order valence-corrected chi connectivity index (χ0v) is 10.7. The van der Waals surface area contributed by atoms with E-state index in [9.17, 15) is 9.59 Å². The molecule has 0 aromatic heterocycles. The van der Waals surface area contributed by atoms with E-state index in [1.165, 1.54) is 0 Å². The Morgan fingerprint density at radius 3 is 2.95 bits per heavy atom. The molecular formula is C14H17N3O2. The van der Waals surface area contributed by atoms with Crippen LogP contribution in [0.15, 0.2) is 18.2 Å². The Hall–Kier alpha value is -1.88. The predicted molar refractivity (Wildman–Crippen MR) is 71.8 cm³/mol. The fraction of sp³-hybridized carbons (Fsp3) is 0.429. The highest BCUT2D eigenvalue weighted by molar-refractivity contribution is 5.99. The number of carbonyl (C=O) groups is 2. The maximum atomic E-state index is 11.6. The standard InChI is InChI=1S/C14H17N3O2/c18-13-6-10-5-9(1-2-12(10)17-13)3-4-16-14(19)11-7-15-8-11/h1-2,5,11,15H,3-4,6-8H2,(H,16,19)(H,17,18). The van der Waals surface area contributed by atoms with Crippen molar-refractivity contribution < 1.29 is 9.59 Å². The van der Waals surface area contributed by atoms with Gasteiger partial charge in [0.05, 0.1) is 12.3 Å². The molecule has 5 heteroatoms. The summed E-state index contributed by atoms with van der Waals surface area (Å²) in [5.74, 6) is 0.330. The van der Waals surface area contributed by atoms with Gasteiger partial charge < -0.3 is 16.0 Å². The highest BCUT2D eigenvalue weighted by atomic mass is 16.2. The van der Waals surface area contributed by atoms with Crippen LogP contribution in [0.2, 0.25) is 0 Å². The number of rotatable bonds is 4. The molecular weight excluding hydrogens is 242 g/mol. The second-order valence-corrected chi connectivity index (χ2v) is 5.11. The van der Waals surface area contributed by atoms with Gasteiger partial charge in [-0.3, -0.25) is 9.59 Å². The third-order valence-corrected chi connectivity index (χ3v) is 3.66. The molecule has 5 nitrogen and oxygen atoms in total. The quantitative estimate of drug-likeness (QED) is 0.716. The summed E-state index contributed by atoms with van der Waals surface area (Å²) in [6.07, 6.45) is 1.26. The first kappa shape index (κ1) is 12.2. The smallest absolute Gasteiger partial charge is 0.228 e. The Morgan fingerprint density at radius 2 is 2.21 bits per heavy atom. The minimum absolute atomic E-state index is 0.0536. The largest absolute Gasteiger partial charge is 0.355 e. The molecule has 0 bridgehead atoms. The first-order valence-electron chi connectivity index (χ1n) is 6.62. The molecule has 0 saturated carbocycles. The maximum Gasteiger partial charge on any atom is 0.228 e. The van der Waals surface area contributed by atoms with E-state index in [4.69, 9.17) is 0 Å². The lowest BCUT2D eigenvalue weighted by Crippen LogP contribution is -2.51. The van der Waals surface area contributed by atoms with E-state index in [1.54, 1.807) is 0 Å². The average Bonchev–Trinajstić information content (AvgIpc) is 2.66. The van der Waals surface area contributed by atoms with E-state index in [2.05, 4.69) is 16.0 Å². The first-order chi connectivity index (χ1) is 9.22. The second kappa shape index (κ2) is 5.01. The van der Waals surface area contributed by atoms with E-state index in [0.717, 1.165) is 36.3 Å². The Balaban J connectivity index is 1.52. The van der Waals surface area contributed by atoms with E-state index in [0.29, 0.717) is 13.0 Å². The average molecular weight is 259 g/mol. The highest BCUT2D eigenvalue weighted by Crippen LogP contribution is 2.23. The van der Waals surface area contributed by atoms with Crippen LogP contribution in [0, 0.1) is 5.92 Å². The number of carbonyl (C=O) groups excluding carboxylic acids is 2. The van der Waals surface area contributed by atoms with Gasteiger partial charge in [0.15, 0.2) is 0 Å². The summed E-state index contributed by atoms with van der Waals surface area (Å²) in [6, 6.07) is 5.99. The van der Waals surface area contributed by atoms with E-state index in [1.807, 2.05) is 18.2 Å². The molecule has 2 aliphatic heterocycles. The Labute approximate surface area is 111 Å². The zero-order valence-electron chi connectivity index (χ0n) is 10.7. The SMILES string of the molecule is O=C1Cc2cc(CCNC(=O)C3CNC3)ccc2N1. The van der Waals surface area contributed by atoms with Crippen LogP contribution in [-0.4, -0.2) is 31.4 Å². The van der Waals surface area contributed by atoms with Gasteiger partial charge >= 0.3 is 0 Å². The molecule has 1 fully saturated rings. The van der Waals surface area contributed by atoms with Crippen molar-refractivity contribution >= 4 is 17.5 Å². The van der Waals surface area contributed by atoms with Gasteiger partial charge in [-0.15, -0.1) is 0 Å². The number of benzene rings is 1. The lowest BCUT2D eigenvalue weighted by atomic mass is 10.0. The fourth-order valence-corrected chi connectivity index (χ4v) is 2.39. The van der Waals surface area contributed by atoms with Crippen molar-refractivity contribution in [2.45, 2.75) is 12.8 Å². The molecule has 0 spiro atoms. The molecule has 2 aliphatic rings. The molecule has 19 heavy (non-hydrogen) atoms. The molecule has 100 valence electrons. The molecule has 3 rings (SSSR count). The van der Waals surface area contributed by atoms with Crippen molar-refractivity contribution in [2.75, 3.05) is 25.0 Å². The van der Waals surface area contributed by atoms with Crippen molar-refractivity contribution in [2.24, 2.45) is 5.92 Å². The molecule has 1 aromatic carbocycles. The van der Waals surface area contributed by atoms with Gasteiger partial charge in [-0.2, -0.15) is 0 Å². The topological polar surface area (TPSA) is 70.2 Å². The molecule has 0 aliphatic carbocycles. The minimum Gasteiger partial charge on any atom is -0.355 e. The summed E-state index contributed by atoms with van der Waals surface area (Å²) in [6.45, 7) is 2.23. The lowest BCUT2D eigenvalue weighted by Gasteiger charge is -2.25. The van der Waals surface area contributed by atoms with Crippen molar-refractivity contribution in [3.63, 3.8) is 0 Å². The molecule has 2 heterocycles. The van der Waals surface area contributed by atoms with Gasteiger partial charge in [-0.1, -0.05) is 12.1 Å². The lowest BCUT2D eigenvalue weighted by molar-refractivity contribution is -0.126. The number of amides is 2. The second-order valence-electron chi connectivity index (χ2n) is 5.11. The first-order valence-corrected chi connectivity index (χ1v) is 6.62. The molecule has 0 atom stereocenters. The van der Waals surface area contributed by atoms with Gasteiger partial charge in [0.2, 0.25) is 11.8 Å². The molecule has 1 aromatic rings. The fourth-order valence-electron chi connectivity index (χ4n) is 2.39. The molecule has 1 saturated heterocycles. The summed E-state index contributed by atoms with van der Waals surface area (Å²) >= 11 is 0. The van der Waals surface area contributed by atoms with Gasteiger partial charge in [0, 0.05) is 25.3 Å². The van der Waals surface area contributed by atoms with E-state index in [-0.39, 0.29) is 17.7 Å². The van der Waals surface area contributed by atoms with Crippen LogP contribution < -0.4 is 16.0 Å². The summed E-state index contributed by atoms with van der Waals surface area (Å²) < 4.78 is 0. The molecule has 2 amide bonds. The number of hydrogen-bond donors (Lipinski definition) is 3. The third kappa shape index (κ3) is 2.61. The number of anilines is 1. The van der Waals surface area contributed by atoms with Crippen LogP contribution in [0.4, 0.5) is 5.69 Å². The zero-order chi connectivity index (χ0) is 13.2. The number of hydrogen-bond acceptors (Lipinski definition) is 3. The summed E-state index contributed by atoms with van der Waals surface area (Å²) in [7, 11) is 0. The van der Waals surface area contributed by atoms with Crippen LogP contribution in [0.3, 0.4) is 0 Å². The molecule has 3 N–H and O–H groups in total. The number of nitrogens with one attached hydrogen (secondary N) is 3. The molecule has 0 radical (unpaired) electrons. The van der Waals surface area contributed by atoms with Crippen LogP contribution in [0.1, 0.15) is 11.1 Å². The maximum absolute atomic E-state index is 11.6. The highest BCUT2D eigenvalue weighted by Gasteiger charge is 2.24. The van der Waals surface area contributed by atoms with Crippen molar-refractivity contribution in [1.82, 2.24) is 10.6 Å².